The zero-order valence-corrected chi connectivity index (χ0v) is 11.5. The molecule has 2 rings (SSSR count). The van der Waals surface area contributed by atoms with Crippen LogP contribution in [0.2, 0.25) is 0 Å². The van der Waals surface area contributed by atoms with E-state index in [0.717, 1.165) is 22.6 Å². The number of hydrogen-bond acceptors (Lipinski definition) is 4. The fourth-order valence-corrected chi connectivity index (χ4v) is 2.17. The van der Waals surface area contributed by atoms with E-state index < -0.39 is 5.97 Å². The molecule has 5 nitrogen and oxygen atoms in total. The number of anilines is 1. The molecule has 1 heterocycles. The number of nitrogens with one attached hydrogen (secondary N) is 1. The molecule has 0 atom stereocenters. The highest BCUT2D eigenvalue weighted by Gasteiger charge is 2.06. The van der Waals surface area contributed by atoms with Gasteiger partial charge in [-0.15, -0.1) is 11.3 Å². The van der Waals surface area contributed by atoms with Gasteiger partial charge in [-0.2, -0.15) is 0 Å². The summed E-state index contributed by atoms with van der Waals surface area (Å²) in [5, 5.41) is 12.1. The molecule has 6 heteroatoms. The first-order valence-electron chi connectivity index (χ1n) is 5.79. The number of carboxylic acid groups (broad SMARTS) is 1. The van der Waals surface area contributed by atoms with Crippen LogP contribution in [-0.2, 0) is 4.79 Å². The molecule has 1 aromatic heterocycles. The van der Waals surface area contributed by atoms with Gasteiger partial charge in [0.25, 0.3) is 0 Å². The number of carbonyl (C=O) groups excluding carboxylic acids is 1. The van der Waals surface area contributed by atoms with Crippen LogP contribution in [-0.4, -0.2) is 22.0 Å². The van der Waals surface area contributed by atoms with Crippen LogP contribution in [0.1, 0.15) is 27.2 Å². The molecular weight excluding hydrogens is 276 g/mol. The summed E-state index contributed by atoms with van der Waals surface area (Å²) in [4.78, 5) is 25.8. The molecule has 1 aromatic carbocycles. The average molecular weight is 288 g/mol. The van der Waals surface area contributed by atoms with Gasteiger partial charge in [-0.05, 0) is 23.8 Å². The SMILES string of the molecule is CC(=O)Nc1ccc(/C=C\c2ncc(C(=O)O)s2)cc1. The highest BCUT2D eigenvalue weighted by Crippen LogP contribution is 2.17. The molecule has 102 valence electrons. The highest BCUT2D eigenvalue weighted by molar-refractivity contribution is 7.14. The van der Waals surface area contributed by atoms with Gasteiger partial charge in [0.2, 0.25) is 5.91 Å². The molecular formula is C14H12N2O3S. The van der Waals surface area contributed by atoms with Crippen LogP contribution in [0, 0.1) is 0 Å². The maximum absolute atomic E-state index is 10.9. The third kappa shape index (κ3) is 3.76. The Bertz CT molecular complexity index is 659. The van der Waals surface area contributed by atoms with E-state index in [1.54, 1.807) is 18.2 Å². The topological polar surface area (TPSA) is 79.3 Å². The summed E-state index contributed by atoms with van der Waals surface area (Å²) >= 11 is 1.12. The molecule has 0 bridgehead atoms. The number of amides is 1. The molecule has 0 fully saturated rings. The first-order chi connectivity index (χ1) is 9.54. The molecule has 2 aromatic rings. The second kappa shape index (κ2) is 6.12. The zero-order chi connectivity index (χ0) is 14.5. The van der Waals surface area contributed by atoms with Gasteiger partial charge in [0, 0.05) is 12.6 Å². The van der Waals surface area contributed by atoms with E-state index in [4.69, 9.17) is 5.11 Å². The summed E-state index contributed by atoms with van der Waals surface area (Å²) in [5.41, 5.74) is 1.67. The number of carbonyl (C=O) groups is 2. The van der Waals surface area contributed by atoms with E-state index in [1.807, 2.05) is 18.2 Å². The van der Waals surface area contributed by atoms with Gasteiger partial charge in [-0.25, -0.2) is 9.78 Å². The number of aromatic carboxylic acids is 1. The van der Waals surface area contributed by atoms with Crippen molar-refractivity contribution in [3.8, 4) is 0 Å². The summed E-state index contributed by atoms with van der Waals surface area (Å²) in [5.74, 6) is -1.08. The number of nitrogens with zero attached hydrogens (tertiary/aromatic N) is 1. The molecule has 0 spiro atoms. The first kappa shape index (κ1) is 14.0. The van der Waals surface area contributed by atoms with Crippen molar-refractivity contribution in [2.24, 2.45) is 0 Å². The number of carboxylic acids is 1. The predicted octanol–water partition coefficient (Wildman–Crippen LogP) is 2.97. The van der Waals surface area contributed by atoms with Gasteiger partial charge in [-0.1, -0.05) is 18.2 Å². The van der Waals surface area contributed by atoms with Gasteiger partial charge in [0.1, 0.15) is 9.88 Å². The van der Waals surface area contributed by atoms with Gasteiger partial charge in [0.15, 0.2) is 0 Å². The molecule has 20 heavy (non-hydrogen) atoms. The molecule has 0 aliphatic heterocycles. The van der Waals surface area contributed by atoms with E-state index in [0.29, 0.717) is 5.01 Å². The lowest BCUT2D eigenvalue weighted by Gasteiger charge is -2.01. The first-order valence-corrected chi connectivity index (χ1v) is 6.61. The Balaban J connectivity index is 2.06. The minimum Gasteiger partial charge on any atom is -0.477 e. The molecule has 0 saturated carbocycles. The van der Waals surface area contributed by atoms with E-state index in [9.17, 15) is 9.59 Å². The van der Waals surface area contributed by atoms with Crippen molar-refractivity contribution in [2.75, 3.05) is 5.32 Å². The molecule has 0 aliphatic rings. The van der Waals surface area contributed by atoms with Crippen molar-refractivity contribution in [1.82, 2.24) is 4.98 Å². The third-order valence-electron chi connectivity index (χ3n) is 2.38. The Morgan fingerprint density at radius 1 is 1.25 bits per heavy atom. The average Bonchev–Trinajstić information content (AvgIpc) is 2.86. The number of rotatable bonds is 4. The maximum Gasteiger partial charge on any atom is 0.347 e. The second-order valence-electron chi connectivity index (χ2n) is 4.00. The molecule has 0 aliphatic carbocycles. The van der Waals surface area contributed by atoms with Gasteiger partial charge < -0.3 is 10.4 Å². The van der Waals surface area contributed by atoms with Gasteiger partial charge >= 0.3 is 5.97 Å². The van der Waals surface area contributed by atoms with Crippen LogP contribution in [0.25, 0.3) is 12.2 Å². The number of hydrogen-bond donors (Lipinski definition) is 2. The summed E-state index contributed by atoms with van der Waals surface area (Å²) in [7, 11) is 0. The van der Waals surface area contributed by atoms with Crippen LogP contribution < -0.4 is 5.32 Å². The Kier molecular flexibility index (Phi) is 4.27. The van der Waals surface area contributed by atoms with Crippen LogP contribution >= 0.6 is 11.3 Å². The third-order valence-corrected chi connectivity index (χ3v) is 3.33. The number of aromatic nitrogens is 1. The largest absolute Gasteiger partial charge is 0.477 e. The quantitative estimate of drug-likeness (QED) is 0.906. The lowest BCUT2D eigenvalue weighted by molar-refractivity contribution is -0.114. The summed E-state index contributed by atoms with van der Waals surface area (Å²) in [6, 6.07) is 7.30. The lowest BCUT2D eigenvalue weighted by Crippen LogP contribution is -2.05. The Morgan fingerprint density at radius 3 is 2.50 bits per heavy atom. The maximum atomic E-state index is 10.9. The van der Waals surface area contributed by atoms with Crippen LogP contribution in [0.4, 0.5) is 5.69 Å². The van der Waals surface area contributed by atoms with E-state index >= 15 is 0 Å². The molecule has 0 radical (unpaired) electrons. The van der Waals surface area contributed by atoms with Crippen molar-refractivity contribution in [3.63, 3.8) is 0 Å². The number of benzene rings is 1. The minimum atomic E-state index is -0.971. The summed E-state index contributed by atoms with van der Waals surface area (Å²) in [6.45, 7) is 1.45. The zero-order valence-electron chi connectivity index (χ0n) is 10.7. The van der Waals surface area contributed by atoms with E-state index in [-0.39, 0.29) is 10.8 Å². The number of thiazole rings is 1. The fraction of sp³-hybridized carbons (Fsp3) is 0.0714. The lowest BCUT2D eigenvalue weighted by atomic mass is 10.2. The smallest absolute Gasteiger partial charge is 0.347 e. The van der Waals surface area contributed by atoms with E-state index in [2.05, 4.69) is 10.3 Å². The van der Waals surface area contributed by atoms with Crippen LogP contribution in [0.5, 0.6) is 0 Å². The van der Waals surface area contributed by atoms with Gasteiger partial charge in [0.05, 0.1) is 6.20 Å². The Morgan fingerprint density at radius 2 is 1.95 bits per heavy atom. The molecule has 0 unspecified atom stereocenters. The molecule has 1 amide bonds. The minimum absolute atomic E-state index is 0.114. The summed E-state index contributed by atoms with van der Waals surface area (Å²) < 4.78 is 0. The highest BCUT2D eigenvalue weighted by atomic mass is 32.1. The Hall–Kier alpha value is -2.47. The van der Waals surface area contributed by atoms with Crippen LogP contribution in [0.15, 0.2) is 30.5 Å². The summed E-state index contributed by atoms with van der Waals surface area (Å²) in [6.07, 6.45) is 4.93. The van der Waals surface area contributed by atoms with Crippen molar-refractivity contribution in [2.45, 2.75) is 6.92 Å². The monoisotopic (exact) mass is 288 g/mol. The normalized spacial score (nSPS) is 10.7. The van der Waals surface area contributed by atoms with Crippen molar-refractivity contribution < 1.29 is 14.7 Å². The Labute approximate surface area is 119 Å². The standard InChI is InChI=1S/C14H12N2O3S/c1-9(17)16-11-5-2-10(3-6-11)4-7-13-15-8-12(20-13)14(18)19/h2-8H,1H3,(H,16,17)(H,18,19)/b7-4-. The van der Waals surface area contributed by atoms with Crippen LogP contribution in [0.3, 0.4) is 0 Å². The van der Waals surface area contributed by atoms with E-state index in [1.165, 1.54) is 13.1 Å². The van der Waals surface area contributed by atoms with Crippen molar-refractivity contribution in [3.05, 3.63) is 45.9 Å². The van der Waals surface area contributed by atoms with Crippen molar-refractivity contribution in [1.29, 1.82) is 0 Å². The predicted molar refractivity (Wildman–Crippen MR) is 78.7 cm³/mol. The van der Waals surface area contributed by atoms with Gasteiger partial charge in [-0.3, -0.25) is 4.79 Å². The van der Waals surface area contributed by atoms with Crippen molar-refractivity contribution >= 4 is 41.1 Å². The fourth-order valence-electron chi connectivity index (χ4n) is 1.51. The molecule has 0 saturated heterocycles. The second-order valence-corrected chi connectivity index (χ2v) is 5.07. The molecule has 2 N–H and O–H groups in total.